The first-order chi connectivity index (χ1) is 13.6. The van der Waals surface area contributed by atoms with Crippen molar-refractivity contribution in [2.75, 3.05) is 19.5 Å². The Morgan fingerprint density at radius 2 is 1.93 bits per heavy atom. The summed E-state index contributed by atoms with van der Waals surface area (Å²) in [5.74, 6) is 0.593. The number of ether oxygens (including phenoxy) is 2. The van der Waals surface area contributed by atoms with Crippen molar-refractivity contribution in [3.8, 4) is 11.5 Å². The number of amides is 1. The summed E-state index contributed by atoms with van der Waals surface area (Å²) in [6, 6.07) is 13.0. The van der Waals surface area contributed by atoms with Crippen molar-refractivity contribution >= 4 is 17.5 Å². The molecule has 144 valence electrons. The number of nitrogens with zero attached hydrogens (tertiary/aromatic N) is 2. The average Bonchev–Trinajstić information content (AvgIpc) is 2.73. The normalized spacial score (nSPS) is 10.2. The van der Waals surface area contributed by atoms with E-state index in [-0.39, 0.29) is 24.0 Å². The van der Waals surface area contributed by atoms with Gasteiger partial charge in [0.2, 0.25) is 5.95 Å². The van der Waals surface area contributed by atoms with Crippen LogP contribution in [0.1, 0.15) is 16.1 Å². The van der Waals surface area contributed by atoms with Gasteiger partial charge in [0.1, 0.15) is 23.0 Å². The average molecular weight is 382 g/mol. The number of anilines is 2. The molecule has 7 nitrogen and oxygen atoms in total. The van der Waals surface area contributed by atoms with Crippen LogP contribution in [0.15, 0.2) is 54.7 Å². The van der Waals surface area contributed by atoms with Gasteiger partial charge in [-0.15, -0.1) is 0 Å². The maximum atomic E-state index is 13.7. The lowest BCUT2D eigenvalue weighted by molar-refractivity contribution is 0.0945. The molecule has 0 radical (unpaired) electrons. The highest BCUT2D eigenvalue weighted by molar-refractivity contribution is 5.92. The largest absolute Gasteiger partial charge is 0.497 e. The summed E-state index contributed by atoms with van der Waals surface area (Å²) in [7, 11) is 3.10. The first-order valence-corrected chi connectivity index (χ1v) is 8.44. The van der Waals surface area contributed by atoms with Crippen LogP contribution in [0.4, 0.5) is 16.0 Å². The number of carbonyl (C=O) groups excluding carboxylic acids is 1. The van der Waals surface area contributed by atoms with Crippen molar-refractivity contribution < 1.29 is 18.7 Å². The predicted octanol–water partition coefficient (Wildman–Crippen LogP) is 3.31. The van der Waals surface area contributed by atoms with E-state index in [1.165, 1.54) is 18.3 Å². The van der Waals surface area contributed by atoms with Gasteiger partial charge in [-0.2, -0.15) is 0 Å². The standard InChI is InChI=1S/C20H19FN4O3/c1-27-14-7-8-18(28-2)17(11-14)25-20-22-10-9-16(24-20)19(26)23-12-13-5-3-4-6-15(13)21/h3-11H,12H2,1-2H3,(H,23,26)(H,22,24,25). The first kappa shape index (κ1) is 19.1. The summed E-state index contributed by atoms with van der Waals surface area (Å²) in [4.78, 5) is 20.7. The molecule has 0 atom stereocenters. The van der Waals surface area contributed by atoms with Crippen LogP contribution in [0.5, 0.6) is 11.5 Å². The maximum Gasteiger partial charge on any atom is 0.270 e. The van der Waals surface area contributed by atoms with Gasteiger partial charge in [-0.25, -0.2) is 14.4 Å². The van der Waals surface area contributed by atoms with Crippen molar-refractivity contribution in [2.45, 2.75) is 6.54 Å². The van der Waals surface area contributed by atoms with Crippen LogP contribution >= 0.6 is 0 Å². The van der Waals surface area contributed by atoms with Crippen molar-refractivity contribution in [3.05, 3.63) is 71.8 Å². The summed E-state index contributed by atoms with van der Waals surface area (Å²) < 4.78 is 24.2. The first-order valence-electron chi connectivity index (χ1n) is 8.44. The molecule has 0 unspecified atom stereocenters. The molecule has 0 bridgehead atoms. The minimum atomic E-state index is -0.439. The van der Waals surface area contributed by atoms with Gasteiger partial charge in [0.05, 0.1) is 19.9 Å². The van der Waals surface area contributed by atoms with E-state index < -0.39 is 5.91 Å². The Morgan fingerprint density at radius 1 is 1.11 bits per heavy atom. The number of hydrogen-bond acceptors (Lipinski definition) is 6. The van der Waals surface area contributed by atoms with Gasteiger partial charge in [0.15, 0.2) is 0 Å². The van der Waals surface area contributed by atoms with E-state index in [4.69, 9.17) is 9.47 Å². The topological polar surface area (TPSA) is 85.4 Å². The summed E-state index contributed by atoms with van der Waals surface area (Å²) in [5, 5.41) is 5.66. The van der Waals surface area contributed by atoms with Gasteiger partial charge in [0, 0.05) is 24.4 Å². The van der Waals surface area contributed by atoms with E-state index in [1.807, 2.05) is 0 Å². The summed E-state index contributed by atoms with van der Waals surface area (Å²) in [5.41, 5.74) is 1.13. The molecule has 1 amide bonds. The third-order valence-electron chi connectivity index (χ3n) is 3.94. The molecule has 0 spiro atoms. The second kappa shape index (κ2) is 8.81. The van der Waals surface area contributed by atoms with Gasteiger partial charge in [-0.3, -0.25) is 4.79 Å². The van der Waals surface area contributed by atoms with E-state index >= 15 is 0 Å². The van der Waals surface area contributed by atoms with E-state index in [0.717, 1.165) is 0 Å². The van der Waals surface area contributed by atoms with Crippen LogP contribution in [0.2, 0.25) is 0 Å². The zero-order valence-corrected chi connectivity index (χ0v) is 15.4. The molecule has 3 aromatic rings. The third-order valence-corrected chi connectivity index (χ3v) is 3.94. The van der Waals surface area contributed by atoms with E-state index in [1.54, 1.807) is 50.6 Å². The molecule has 1 aromatic heterocycles. The molecule has 8 heteroatoms. The zero-order valence-electron chi connectivity index (χ0n) is 15.4. The van der Waals surface area contributed by atoms with Gasteiger partial charge in [-0.05, 0) is 24.3 Å². The SMILES string of the molecule is COc1ccc(OC)c(Nc2nccc(C(=O)NCc3ccccc3F)n2)c1. The zero-order chi connectivity index (χ0) is 19.9. The molecular formula is C20H19FN4O3. The van der Waals surface area contributed by atoms with Crippen molar-refractivity contribution in [3.63, 3.8) is 0 Å². The Morgan fingerprint density at radius 3 is 2.68 bits per heavy atom. The Hall–Kier alpha value is -3.68. The molecule has 3 rings (SSSR count). The molecule has 0 aliphatic rings. The predicted molar refractivity (Wildman–Crippen MR) is 102 cm³/mol. The molecule has 0 fully saturated rings. The quantitative estimate of drug-likeness (QED) is 0.652. The molecule has 2 aromatic carbocycles. The fraction of sp³-hybridized carbons (Fsp3) is 0.150. The highest BCUT2D eigenvalue weighted by Crippen LogP contribution is 2.30. The van der Waals surface area contributed by atoms with Gasteiger partial charge >= 0.3 is 0 Å². The van der Waals surface area contributed by atoms with Crippen molar-refractivity contribution in [1.82, 2.24) is 15.3 Å². The fourth-order valence-electron chi connectivity index (χ4n) is 2.49. The van der Waals surface area contributed by atoms with Crippen LogP contribution in [0, 0.1) is 5.82 Å². The number of carbonyl (C=O) groups is 1. The number of nitrogens with one attached hydrogen (secondary N) is 2. The molecule has 2 N–H and O–H groups in total. The van der Waals surface area contributed by atoms with E-state index in [0.29, 0.717) is 22.7 Å². The van der Waals surface area contributed by atoms with E-state index in [9.17, 15) is 9.18 Å². The van der Waals surface area contributed by atoms with Gasteiger partial charge in [-0.1, -0.05) is 18.2 Å². The number of aromatic nitrogens is 2. The Bertz CT molecular complexity index is 981. The van der Waals surface area contributed by atoms with Gasteiger partial charge in [0.25, 0.3) is 5.91 Å². The highest BCUT2D eigenvalue weighted by atomic mass is 19.1. The lowest BCUT2D eigenvalue weighted by atomic mass is 10.2. The molecule has 28 heavy (non-hydrogen) atoms. The molecule has 0 saturated carbocycles. The summed E-state index contributed by atoms with van der Waals surface area (Å²) >= 11 is 0. The lowest BCUT2D eigenvalue weighted by Gasteiger charge is -2.12. The minimum absolute atomic E-state index is 0.0575. The molecule has 0 aliphatic heterocycles. The van der Waals surface area contributed by atoms with Gasteiger partial charge < -0.3 is 20.1 Å². The van der Waals surface area contributed by atoms with Crippen LogP contribution in [-0.2, 0) is 6.54 Å². The molecule has 1 heterocycles. The Balaban J connectivity index is 1.73. The Kier molecular flexibility index (Phi) is 6.01. The van der Waals surface area contributed by atoms with Crippen LogP contribution in [-0.4, -0.2) is 30.1 Å². The fourth-order valence-corrected chi connectivity index (χ4v) is 2.49. The number of halogens is 1. The van der Waals surface area contributed by atoms with Crippen molar-refractivity contribution in [1.29, 1.82) is 0 Å². The molecule has 0 saturated heterocycles. The maximum absolute atomic E-state index is 13.7. The second-order valence-electron chi connectivity index (χ2n) is 5.73. The molecular weight excluding hydrogens is 363 g/mol. The van der Waals surface area contributed by atoms with Crippen LogP contribution < -0.4 is 20.1 Å². The summed E-state index contributed by atoms with van der Waals surface area (Å²) in [6.45, 7) is 0.0575. The third kappa shape index (κ3) is 4.53. The lowest BCUT2D eigenvalue weighted by Crippen LogP contribution is -2.24. The minimum Gasteiger partial charge on any atom is -0.497 e. The highest BCUT2D eigenvalue weighted by Gasteiger charge is 2.12. The van der Waals surface area contributed by atoms with Crippen LogP contribution in [0.25, 0.3) is 0 Å². The van der Waals surface area contributed by atoms with Crippen LogP contribution in [0.3, 0.4) is 0 Å². The summed E-state index contributed by atoms with van der Waals surface area (Å²) in [6.07, 6.45) is 1.46. The number of rotatable bonds is 7. The second-order valence-corrected chi connectivity index (χ2v) is 5.73. The number of benzene rings is 2. The van der Waals surface area contributed by atoms with E-state index in [2.05, 4.69) is 20.6 Å². The van der Waals surface area contributed by atoms with Crippen molar-refractivity contribution in [2.24, 2.45) is 0 Å². The number of methoxy groups -OCH3 is 2. The number of hydrogen-bond donors (Lipinski definition) is 2. The smallest absolute Gasteiger partial charge is 0.270 e. The monoisotopic (exact) mass is 382 g/mol. The molecule has 0 aliphatic carbocycles. The Labute approximate surface area is 161 Å².